The van der Waals surface area contributed by atoms with E-state index in [2.05, 4.69) is 45.2 Å². The van der Waals surface area contributed by atoms with Crippen molar-refractivity contribution < 1.29 is 19.1 Å². The van der Waals surface area contributed by atoms with Gasteiger partial charge in [-0.3, -0.25) is 9.59 Å². The van der Waals surface area contributed by atoms with Gasteiger partial charge in [0.15, 0.2) is 11.5 Å². The van der Waals surface area contributed by atoms with Crippen molar-refractivity contribution in [2.75, 3.05) is 11.5 Å². The third kappa shape index (κ3) is 5.89. The molecular weight excluding hydrogens is 700 g/mol. The molecule has 5 nitrogen and oxygen atoms in total. The lowest BCUT2D eigenvalue weighted by Gasteiger charge is -2.15. The first-order valence-corrected chi connectivity index (χ1v) is 13.6. The molecule has 4 rings (SSSR count). The molecule has 0 radical (unpaired) electrons. The van der Waals surface area contributed by atoms with Gasteiger partial charge < -0.3 is 9.47 Å². The zero-order valence-electron chi connectivity index (χ0n) is 17.9. The highest BCUT2D eigenvalue weighted by Gasteiger charge is 2.36. The zero-order valence-corrected chi connectivity index (χ0v) is 23.8. The van der Waals surface area contributed by atoms with Crippen LogP contribution in [0, 0.1) is 7.14 Å². The summed E-state index contributed by atoms with van der Waals surface area (Å²) in [6.07, 6.45) is 1.70. The summed E-state index contributed by atoms with van der Waals surface area (Å²) in [5, 5.41) is 0.185. The molecule has 0 atom stereocenters. The summed E-state index contributed by atoms with van der Waals surface area (Å²) in [6, 6.07) is 18.5. The lowest BCUT2D eigenvalue weighted by atomic mass is 10.1. The van der Waals surface area contributed by atoms with Gasteiger partial charge in [-0.25, -0.2) is 4.90 Å². The minimum atomic E-state index is -0.371. The Kier molecular flexibility index (Phi) is 8.43. The number of benzene rings is 3. The van der Waals surface area contributed by atoms with Crippen molar-refractivity contribution in [3.8, 4) is 11.5 Å². The van der Waals surface area contributed by atoms with Crippen molar-refractivity contribution in [3.63, 3.8) is 0 Å². The van der Waals surface area contributed by atoms with E-state index >= 15 is 0 Å². The molecule has 1 saturated heterocycles. The number of amides is 2. The maximum atomic E-state index is 13.0. The summed E-state index contributed by atoms with van der Waals surface area (Å²) in [5.41, 5.74) is 2.29. The van der Waals surface area contributed by atoms with E-state index in [0.717, 1.165) is 34.9 Å². The number of carbonyl (C=O) groups is 2. The molecule has 0 saturated carbocycles. The number of imide groups is 1. The van der Waals surface area contributed by atoms with Gasteiger partial charge in [-0.1, -0.05) is 23.7 Å². The molecule has 1 aliphatic rings. The molecule has 3 aromatic carbocycles. The average molecular weight is 718 g/mol. The minimum Gasteiger partial charge on any atom is -0.490 e. The van der Waals surface area contributed by atoms with Crippen LogP contribution in [0.15, 0.2) is 65.6 Å². The second kappa shape index (κ2) is 11.3. The van der Waals surface area contributed by atoms with Crippen molar-refractivity contribution >= 4 is 91.5 Å². The van der Waals surface area contributed by atoms with Crippen molar-refractivity contribution in [3.05, 3.63) is 88.9 Å². The Bertz CT molecular complexity index is 1260. The smallest absolute Gasteiger partial charge is 0.298 e. The Hall–Kier alpha value is -1.76. The Morgan fingerprint density at radius 1 is 1.00 bits per heavy atom. The molecule has 174 valence electrons. The molecule has 0 spiro atoms. The lowest BCUT2D eigenvalue weighted by Crippen LogP contribution is -2.27. The van der Waals surface area contributed by atoms with Crippen molar-refractivity contribution in [2.24, 2.45) is 0 Å². The molecule has 34 heavy (non-hydrogen) atoms. The maximum absolute atomic E-state index is 13.0. The van der Waals surface area contributed by atoms with E-state index in [4.69, 9.17) is 21.1 Å². The topological polar surface area (TPSA) is 55.8 Å². The number of thioether (sulfide) groups is 1. The highest BCUT2D eigenvalue weighted by atomic mass is 127. The number of halogens is 3. The van der Waals surface area contributed by atoms with E-state index in [1.807, 2.05) is 43.3 Å². The standard InChI is InChI=1S/C25H18ClI2NO4S/c1-2-32-21-12-16(11-20(28)23(21)33-14-15-3-7-18(27)8-4-15)13-22-24(30)29(25(31)34-22)19-9-5-17(26)6-10-19/h3-13H,2,14H2,1H3/b22-13+. The van der Waals surface area contributed by atoms with Crippen LogP contribution in [0.2, 0.25) is 5.02 Å². The predicted molar refractivity (Wildman–Crippen MR) is 154 cm³/mol. The van der Waals surface area contributed by atoms with Gasteiger partial charge in [0.2, 0.25) is 0 Å². The van der Waals surface area contributed by atoms with Crippen LogP contribution in [0.4, 0.5) is 10.5 Å². The fourth-order valence-corrected chi connectivity index (χ4v) is 5.35. The van der Waals surface area contributed by atoms with Crippen LogP contribution < -0.4 is 14.4 Å². The largest absolute Gasteiger partial charge is 0.490 e. The van der Waals surface area contributed by atoms with Gasteiger partial charge >= 0.3 is 0 Å². The van der Waals surface area contributed by atoms with Gasteiger partial charge in [-0.2, -0.15) is 0 Å². The van der Waals surface area contributed by atoms with Crippen molar-refractivity contribution in [1.82, 2.24) is 0 Å². The molecule has 0 bridgehead atoms. The van der Waals surface area contributed by atoms with Gasteiger partial charge in [-0.15, -0.1) is 0 Å². The monoisotopic (exact) mass is 717 g/mol. The molecule has 1 fully saturated rings. The molecule has 0 unspecified atom stereocenters. The van der Waals surface area contributed by atoms with E-state index in [1.165, 1.54) is 0 Å². The summed E-state index contributed by atoms with van der Waals surface area (Å²) in [5.74, 6) is 0.861. The molecule has 2 amide bonds. The van der Waals surface area contributed by atoms with Crippen molar-refractivity contribution in [2.45, 2.75) is 13.5 Å². The Labute approximate surface area is 234 Å². The maximum Gasteiger partial charge on any atom is 0.298 e. The van der Waals surface area contributed by atoms with Gasteiger partial charge in [0.25, 0.3) is 11.1 Å². The molecule has 0 aromatic heterocycles. The molecular formula is C25H18ClI2NO4S. The number of hydrogen-bond donors (Lipinski definition) is 0. The Morgan fingerprint density at radius 2 is 1.71 bits per heavy atom. The second-order valence-corrected chi connectivity index (χ2v) is 11.0. The van der Waals surface area contributed by atoms with Crippen LogP contribution in [-0.4, -0.2) is 17.8 Å². The molecule has 9 heteroatoms. The molecule has 1 heterocycles. The van der Waals surface area contributed by atoms with E-state index in [-0.39, 0.29) is 11.1 Å². The molecule has 0 aliphatic carbocycles. The van der Waals surface area contributed by atoms with E-state index in [0.29, 0.717) is 40.3 Å². The fourth-order valence-electron chi connectivity index (χ4n) is 3.24. The predicted octanol–water partition coefficient (Wildman–Crippen LogP) is 7.77. The number of rotatable bonds is 7. The summed E-state index contributed by atoms with van der Waals surface area (Å²) in [6.45, 7) is 2.78. The highest BCUT2D eigenvalue weighted by Crippen LogP contribution is 2.39. The third-order valence-corrected chi connectivity index (χ3v) is 7.45. The van der Waals surface area contributed by atoms with Crippen LogP contribution in [0.5, 0.6) is 11.5 Å². The molecule has 0 N–H and O–H groups in total. The summed E-state index contributed by atoms with van der Waals surface area (Å²) in [7, 11) is 0. The molecule has 1 aliphatic heterocycles. The third-order valence-electron chi connectivity index (χ3n) is 4.80. The van der Waals surface area contributed by atoms with Gasteiger partial charge in [-0.05, 0) is 130 Å². The SMILES string of the molecule is CCOc1cc(/C=C2/SC(=O)N(c3ccc(Cl)cc3)C2=O)cc(I)c1OCc1ccc(I)cc1. The van der Waals surface area contributed by atoms with Gasteiger partial charge in [0, 0.05) is 8.59 Å². The quantitative estimate of drug-likeness (QED) is 0.185. The minimum absolute atomic E-state index is 0.339. The van der Waals surface area contributed by atoms with E-state index in [9.17, 15) is 9.59 Å². The first-order chi connectivity index (χ1) is 16.4. The number of nitrogens with zero attached hydrogens (tertiary/aromatic N) is 1. The van der Waals surface area contributed by atoms with Crippen molar-refractivity contribution in [1.29, 1.82) is 0 Å². The van der Waals surface area contributed by atoms with Crippen LogP contribution >= 0.6 is 68.5 Å². The number of carbonyl (C=O) groups excluding carboxylic acids is 2. The van der Waals surface area contributed by atoms with Crippen LogP contribution in [0.1, 0.15) is 18.1 Å². The van der Waals surface area contributed by atoms with E-state index in [1.54, 1.807) is 30.3 Å². The van der Waals surface area contributed by atoms with Crippen LogP contribution in [-0.2, 0) is 11.4 Å². The molecule has 3 aromatic rings. The number of hydrogen-bond acceptors (Lipinski definition) is 5. The van der Waals surface area contributed by atoms with Gasteiger partial charge in [0.05, 0.1) is 20.8 Å². The Balaban J connectivity index is 1.59. The number of ether oxygens (including phenoxy) is 2. The Morgan fingerprint density at radius 3 is 2.38 bits per heavy atom. The summed E-state index contributed by atoms with van der Waals surface area (Å²) < 4.78 is 13.9. The average Bonchev–Trinajstić information content (AvgIpc) is 3.08. The van der Waals surface area contributed by atoms with E-state index < -0.39 is 0 Å². The van der Waals surface area contributed by atoms with Crippen LogP contribution in [0.3, 0.4) is 0 Å². The summed E-state index contributed by atoms with van der Waals surface area (Å²) >= 11 is 11.3. The van der Waals surface area contributed by atoms with Crippen LogP contribution in [0.25, 0.3) is 6.08 Å². The first-order valence-electron chi connectivity index (χ1n) is 10.2. The first kappa shape index (κ1) is 25.3. The highest BCUT2D eigenvalue weighted by molar-refractivity contribution is 14.1. The second-order valence-electron chi connectivity index (χ2n) is 7.17. The fraction of sp³-hybridized carbons (Fsp3) is 0.120. The normalized spacial score (nSPS) is 14.7. The zero-order chi connectivity index (χ0) is 24.2. The lowest BCUT2D eigenvalue weighted by molar-refractivity contribution is -0.113. The number of anilines is 1. The van der Waals surface area contributed by atoms with Gasteiger partial charge in [0.1, 0.15) is 6.61 Å². The summed E-state index contributed by atoms with van der Waals surface area (Å²) in [4.78, 5) is 27.0.